The Morgan fingerprint density at radius 2 is 1.68 bits per heavy atom. The fourth-order valence-corrected chi connectivity index (χ4v) is 6.50. The Kier molecular flexibility index (Phi) is 13.7. The zero-order valence-corrected chi connectivity index (χ0v) is 25.4. The van der Waals surface area contributed by atoms with Crippen LogP contribution in [0.4, 0.5) is 4.39 Å². The monoisotopic (exact) mass is 610 g/mol. The first kappa shape index (κ1) is 34.1. The maximum atomic E-state index is 13.6. The molecule has 0 saturated carbocycles. The number of amides is 4. The molecular formula is C28H39FN4O6S2. The summed E-state index contributed by atoms with van der Waals surface area (Å²) in [5.41, 5.74) is 5.18. The van der Waals surface area contributed by atoms with Crippen molar-refractivity contribution in [2.75, 3.05) is 18.1 Å². The van der Waals surface area contributed by atoms with E-state index in [0.717, 1.165) is 17.6 Å². The SMILES string of the molecule is CCOC(=O)C=C[C@H](CCC(N)=O)NC(=O)[C@H](Cc1ccc(F)cc1)NC(=O)[C@@H](NC(=O)C1SCCS1)C(C)(C)C. The van der Waals surface area contributed by atoms with E-state index in [-0.39, 0.29) is 36.4 Å². The van der Waals surface area contributed by atoms with E-state index in [9.17, 15) is 28.4 Å². The van der Waals surface area contributed by atoms with Crippen molar-refractivity contribution in [3.05, 3.63) is 47.8 Å². The molecule has 10 nitrogen and oxygen atoms in total. The van der Waals surface area contributed by atoms with Crippen LogP contribution in [0.1, 0.15) is 46.1 Å². The molecule has 0 unspecified atom stereocenters. The molecule has 0 radical (unpaired) electrons. The standard InChI is InChI=1S/C28H39FN4O6S2/c1-5-39-22(35)13-11-19(10-12-21(30)34)31-24(36)20(16-17-6-8-18(29)9-7-17)32-25(37)23(28(2,3)4)33-26(38)27-40-14-15-41-27/h6-9,11,13,19-20,23,27H,5,10,12,14-16H2,1-4H3,(H2,30,34)(H,31,36)(H,32,37)(H,33,38)/t19-,20-,23+/m0/s1. The average Bonchev–Trinajstić information content (AvgIpc) is 3.44. The van der Waals surface area contributed by atoms with Gasteiger partial charge in [0.2, 0.25) is 23.6 Å². The van der Waals surface area contributed by atoms with Crippen molar-refractivity contribution in [1.82, 2.24) is 16.0 Å². The van der Waals surface area contributed by atoms with Crippen LogP contribution in [-0.2, 0) is 35.1 Å². The summed E-state index contributed by atoms with van der Waals surface area (Å²) < 4.78 is 18.1. The van der Waals surface area contributed by atoms with Crippen LogP contribution in [0.5, 0.6) is 0 Å². The van der Waals surface area contributed by atoms with E-state index in [4.69, 9.17) is 10.5 Å². The number of thioether (sulfide) groups is 2. The highest BCUT2D eigenvalue weighted by Crippen LogP contribution is 2.32. The third kappa shape index (κ3) is 12.1. The number of primary amides is 1. The van der Waals surface area contributed by atoms with E-state index in [0.29, 0.717) is 5.56 Å². The molecule has 0 bridgehead atoms. The summed E-state index contributed by atoms with van der Waals surface area (Å²) in [5.74, 6) is -1.40. The Bertz CT molecular complexity index is 1100. The maximum Gasteiger partial charge on any atom is 0.330 e. The van der Waals surface area contributed by atoms with Gasteiger partial charge in [0, 0.05) is 36.5 Å². The molecule has 1 heterocycles. The fraction of sp³-hybridized carbons (Fsp3) is 0.536. The van der Waals surface area contributed by atoms with Gasteiger partial charge in [0.1, 0.15) is 22.5 Å². The number of carbonyl (C=O) groups is 5. The minimum Gasteiger partial charge on any atom is -0.463 e. The number of carbonyl (C=O) groups excluding carboxylic acids is 5. The van der Waals surface area contributed by atoms with Gasteiger partial charge in [-0.1, -0.05) is 39.0 Å². The fourth-order valence-electron chi connectivity index (χ4n) is 3.90. The van der Waals surface area contributed by atoms with Crippen LogP contribution < -0.4 is 21.7 Å². The van der Waals surface area contributed by atoms with Crippen molar-refractivity contribution < 1.29 is 33.1 Å². The molecular weight excluding hydrogens is 571 g/mol. The number of ether oxygens (including phenoxy) is 1. The van der Waals surface area contributed by atoms with E-state index in [2.05, 4.69) is 16.0 Å². The van der Waals surface area contributed by atoms with Crippen LogP contribution >= 0.6 is 23.5 Å². The quantitative estimate of drug-likeness (QED) is 0.184. The lowest BCUT2D eigenvalue weighted by Gasteiger charge is -2.32. The number of rotatable bonds is 14. The molecule has 13 heteroatoms. The number of nitrogens with one attached hydrogen (secondary N) is 3. The van der Waals surface area contributed by atoms with E-state index in [1.165, 1.54) is 53.9 Å². The Labute approximate surface area is 248 Å². The van der Waals surface area contributed by atoms with Crippen LogP contribution in [0, 0.1) is 11.2 Å². The summed E-state index contributed by atoms with van der Waals surface area (Å²) in [6.45, 7) is 7.24. The third-order valence-corrected chi connectivity index (χ3v) is 9.01. The summed E-state index contributed by atoms with van der Waals surface area (Å²) in [6.07, 6.45) is 2.59. The Balaban J connectivity index is 2.29. The van der Waals surface area contributed by atoms with Gasteiger partial charge >= 0.3 is 5.97 Å². The van der Waals surface area contributed by atoms with Gasteiger partial charge in [-0.25, -0.2) is 9.18 Å². The van der Waals surface area contributed by atoms with E-state index in [1.807, 2.05) is 20.8 Å². The second kappa shape index (κ2) is 16.4. The van der Waals surface area contributed by atoms with Gasteiger partial charge < -0.3 is 26.4 Å². The zero-order chi connectivity index (χ0) is 30.6. The summed E-state index contributed by atoms with van der Waals surface area (Å²) in [4.78, 5) is 63.2. The molecule has 3 atom stereocenters. The first-order chi connectivity index (χ1) is 19.3. The van der Waals surface area contributed by atoms with Crippen molar-refractivity contribution in [2.45, 2.75) is 69.7 Å². The number of nitrogens with two attached hydrogens (primary N) is 1. The zero-order valence-electron chi connectivity index (χ0n) is 23.7. The van der Waals surface area contributed by atoms with E-state index >= 15 is 0 Å². The second-order valence-electron chi connectivity index (χ2n) is 10.5. The smallest absolute Gasteiger partial charge is 0.330 e. The molecule has 1 aliphatic heterocycles. The molecule has 0 aliphatic carbocycles. The number of benzene rings is 1. The molecule has 1 saturated heterocycles. The number of halogens is 1. The molecule has 1 aromatic rings. The molecule has 1 fully saturated rings. The summed E-state index contributed by atoms with van der Waals surface area (Å²) >= 11 is 3.02. The summed E-state index contributed by atoms with van der Waals surface area (Å²) in [6, 6.07) is 2.65. The van der Waals surface area contributed by atoms with Gasteiger partial charge in [0.25, 0.3) is 0 Å². The summed E-state index contributed by atoms with van der Waals surface area (Å²) in [5, 5.41) is 8.35. The van der Waals surface area contributed by atoms with E-state index in [1.54, 1.807) is 6.92 Å². The van der Waals surface area contributed by atoms with Crippen molar-refractivity contribution in [3.63, 3.8) is 0 Å². The van der Waals surface area contributed by atoms with Gasteiger partial charge in [-0.05, 0) is 36.5 Å². The molecule has 4 amide bonds. The lowest BCUT2D eigenvalue weighted by Crippen LogP contribution is -2.59. The molecule has 0 spiro atoms. The minimum absolute atomic E-state index is 0.0150. The van der Waals surface area contributed by atoms with Gasteiger partial charge in [-0.3, -0.25) is 19.2 Å². The van der Waals surface area contributed by atoms with Crippen LogP contribution in [0.2, 0.25) is 0 Å². The molecule has 0 aromatic heterocycles. The van der Waals surface area contributed by atoms with Gasteiger partial charge in [-0.15, -0.1) is 23.5 Å². The number of esters is 1. The number of hydrogen-bond donors (Lipinski definition) is 4. The largest absolute Gasteiger partial charge is 0.463 e. The van der Waals surface area contributed by atoms with Gasteiger partial charge in [0.15, 0.2) is 0 Å². The topological polar surface area (TPSA) is 157 Å². The Hall–Kier alpha value is -3.06. The maximum absolute atomic E-state index is 13.6. The molecule has 1 aromatic carbocycles. The Morgan fingerprint density at radius 1 is 1.05 bits per heavy atom. The average molecular weight is 611 g/mol. The lowest BCUT2D eigenvalue weighted by molar-refractivity contribution is -0.137. The van der Waals surface area contributed by atoms with Gasteiger partial charge in [0.05, 0.1) is 6.61 Å². The van der Waals surface area contributed by atoms with Crippen molar-refractivity contribution in [1.29, 1.82) is 0 Å². The van der Waals surface area contributed by atoms with Gasteiger partial charge in [-0.2, -0.15) is 0 Å². The predicted octanol–water partition coefficient (Wildman–Crippen LogP) is 2.06. The summed E-state index contributed by atoms with van der Waals surface area (Å²) in [7, 11) is 0. The molecule has 5 N–H and O–H groups in total. The highest BCUT2D eigenvalue weighted by molar-refractivity contribution is 8.21. The molecule has 41 heavy (non-hydrogen) atoms. The van der Waals surface area contributed by atoms with Crippen LogP contribution in [0.25, 0.3) is 0 Å². The highest BCUT2D eigenvalue weighted by Gasteiger charge is 2.37. The highest BCUT2D eigenvalue weighted by atomic mass is 32.2. The van der Waals surface area contributed by atoms with Crippen LogP contribution in [-0.4, -0.2) is 70.4 Å². The number of hydrogen-bond acceptors (Lipinski definition) is 8. The normalized spacial score (nSPS) is 16.0. The molecule has 226 valence electrons. The first-order valence-electron chi connectivity index (χ1n) is 13.3. The van der Waals surface area contributed by atoms with E-state index < -0.39 is 53.0 Å². The lowest BCUT2D eigenvalue weighted by atomic mass is 9.85. The van der Waals surface area contributed by atoms with Crippen LogP contribution in [0.15, 0.2) is 36.4 Å². The third-order valence-electron chi connectivity index (χ3n) is 6.02. The second-order valence-corrected chi connectivity index (χ2v) is 13.2. The van der Waals surface area contributed by atoms with Crippen LogP contribution in [0.3, 0.4) is 0 Å². The minimum atomic E-state index is -1.13. The molecule has 2 rings (SSSR count). The van der Waals surface area contributed by atoms with Crippen molar-refractivity contribution >= 4 is 53.1 Å². The first-order valence-corrected chi connectivity index (χ1v) is 15.4. The molecule has 1 aliphatic rings. The van der Waals surface area contributed by atoms with Crippen molar-refractivity contribution in [2.24, 2.45) is 11.1 Å². The van der Waals surface area contributed by atoms with Crippen molar-refractivity contribution in [3.8, 4) is 0 Å². The predicted molar refractivity (Wildman–Crippen MR) is 158 cm³/mol. The Morgan fingerprint density at radius 3 is 2.24 bits per heavy atom.